The minimum atomic E-state index is -3.38. The van der Waals surface area contributed by atoms with E-state index in [9.17, 15) is 8.42 Å². The average molecular weight is 277 g/mol. The summed E-state index contributed by atoms with van der Waals surface area (Å²) in [6.45, 7) is 5.49. The fourth-order valence-electron chi connectivity index (χ4n) is 2.22. The first-order chi connectivity index (χ1) is 8.38. The van der Waals surface area contributed by atoms with Crippen molar-refractivity contribution in [3.05, 3.63) is 0 Å². The minimum Gasteiger partial charge on any atom is -0.329 e. The van der Waals surface area contributed by atoms with E-state index in [1.165, 1.54) is 4.31 Å². The normalized spacial score (nSPS) is 22.7. The first-order valence-corrected chi connectivity index (χ1v) is 8.22. The van der Waals surface area contributed by atoms with Crippen molar-refractivity contribution >= 4 is 10.2 Å². The van der Waals surface area contributed by atoms with Crippen molar-refractivity contribution in [3.63, 3.8) is 0 Å². The molecule has 0 amide bonds. The molecule has 1 aliphatic rings. The van der Waals surface area contributed by atoms with Crippen molar-refractivity contribution < 1.29 is 8.42 Å². The molecule has 0 saturated carbocycles. The molecule has 1 unspecified atom stereocenters. The van der Waals surface area contributed by atoms with Crippen LogP contribution in [0.4, 0.5) is 0 Å². The third kappa shape index (κ3) is 3.23. The zero-order chi connectivity index (χ0) is 13.8. The lowest BCUT2D eigenvalue weighted by molar-refractivity contribution is 0.221. The van der Waals surface area contributed by atoms with E-state index in [1.54, 1.807) is 11.4 Å². The second-order valence-electron chi connectivity index (χ2n) is 5.34. The number of hydrogen-bond acceptors (Lipinski definition) is 3. The van der Waals surface area contributed by atoms with Gasteiger partial charge in [-0.05, 0) is 26.2 Å². The van der Waals surface area contributed by atoms with Crippen molar-refractivity contribution in [1.29, 1.82) is 0 Å². The zero-order valence-corrected chi connectivity index (χ0v) is 12.7. The van der Waals surface area contributed by atoms with Gasteiger partial charge in [0, 0.05) is 32.2 Å². The topological polar surface area (TPSA) is 66.6 Å². The molecule has 1 atom stereocenters. The molecule has 0 aromatic carbocycles. The third-order valence-corrected chi connectivity index (χ3v) is 6.35. The summed E-state index contributed by atoms with van der Waals surface area (Å²) < 4.78 is 28.3. The summed E-state index contributed by atoms with van der Waals surface area (Å²) in [4.78, 5) is 0. The molecule has 0 aromatic heterocycles. The van der Waals surface area contributed by atoms with Gasteiger partial charge < -0.3 is 5.73 Å². The Kier molecular flexibility index (Phi) is 5.58. The maximum atomic E-state index is 12.6. The third-order valence-electron chi connectivity index (χ3n) is 4.20. The van der Waals surface area contributed by atoms with Gasteiger partial charge in [-0.1, -0.05) is 19.8 Å². The van der Waals surface area contributed by atoms with Gasteiger partial charge in [0.1, 0.15) is 0 Å². The number of likely N-dealkylation sites (N-methyl/N-ethyl adjacent to an activating group) is 1. The van der Waals surface area contributed by atoms with Crippen LogP contribution >= 0.6 is 0 Å². The lowest BCUT2D eigenvalue weighted by Gasteiger charge is -2.39. The van der Waals surface area contributed by atoms with Crippen LogP contribution in [-0.2, 0) is 10.2 Å². The van der Waals surface area contributed by atoms with Crippen LogP contribution in [0.2, 0.25) is 0 Å². The highest BCUT2D eigenvalue weighted by atomic mass is 32.2. The highest BCUT2D eigenvalue weighted by Crippen LogP contribution is 2.24. The summed E-state index contributed by atoms with van der Waals surface area (Å²) in [6, 6.07) is 0. The van der Waals surface area contributed by atoms with E-state index < -0.39 is 15.7 Å². The van der Waals surface area contributed by atoms with Crippen molar-refractivity contribution in [2.75, 3.05) is 26.7 Å². The Morgan fingerprint density at radius 2 is 1.72 bits per heavy atom. The molecule has 2 N–H and O–H groups in total. The molecule has 108 valence electrons. The predicted octanol–water partition coefficient (Wildman–Crippen LogP) is 1.17. The van der Waals surface area contributed by atoms with Gasteiger partial charge in [-0.15, -0.1) is 0 Å². The number of hydrogen-bond donors (Lipinski definition) is 1. The van der Waals surface area contributed by atoms with Crippen molar-refractivity contribution in [2.24, 2.45) is 5.73 Å². The van der Waals surface area contributed by atoms with Crippen LogP contribution in [0.3, 0.4) is 0 Å². The van der Waals surface area contributed by atoms with E-state index in [0.29, 0.717) is 26.1 Å². The van der Waals surface area contributed by atoms with Gasteiger partial charge in [0.05, 0.1) is 0 Å². The Morgan fingerprint density at radius 1 is 1.22 bits per heavy atom. The molecule has 1 aliphatic heterocycles. The minimum absolute atomic E-state index is 0.340. The van der Waals surface area contributed by atoms with Gasteiger partial charge in [0.15, 0.2) is 0 Å². The molecule has 1 saturated heterocycles. The molecule has 6 heteroatoms. The van der Waals surface area contributed by atoms with E-state index in [-0.39, 0.29) is 0 Å². The summed E-state index contributed by atoms with van der Waals surface area (Å²) in [6.07, 6.45) is 4.87. The largest absolute Gasteiger partial charge is 0.329 e. The smallest absolute Gasteiger partial charge is 0.282 e. The molecule has 0 spiro atoms. The van der Waals surface area contributed by atoms with Crippen LogP contribution in [0.5, 0.6) is 0 Å². The lowest BCUT2D eigenvalue weighted by Crippen LogP contribution is -2.56. The van der Waals surface area contributed by atoms with Crippen molar-refractivity contribution in [2.45, 2.75) is 51.5 Å². The fourth-order valence-corrected chi connectivity index (χ4v) is 4.05. The summed E-state index contributed by atoms with van der Waals surface area (Å²) in [5.41, 5.74) is 5.26. The summed E-state index contributed by atoms with van der Waals surface area (Å²) in [7, 11) is -1.73. The molecular formula is C12H27N3O2S. The Hall–Kier alpha value is -0.170. The maximum absolute atomic E-state index is 12.6. The van der Waals surface area contributed by atoms with Crippen molar-refractivity contribution in [3.8, 4) is 0 Å². The van der Waals surface area contributed by atoms with Gasteiger partial charge in [-0.2, -0.15) is 17.0 Å². The number of nitrogens with two attached hydrogens (primary N) is 1. The molecule has 1 fully saturated rings. The van der Waals surface area contributed by atoms with Gasteiger partial charge in [0.25, 0.3) is 10.2 Å². The second-order valence-corrected chi connectivity index (χ2v) is 7.30. The van der Waals surface area contributed by atoms with Crippen LogP contribution in [0.1, 0.15) is 46.0 Å². The first kappa shape index (κ1) is 15.9. The Balaban J connectivity index is 2.90. The van der Waals surface area contributed by atoms with Gasteiger partial charge >= 0.3 is 0 Å². The summed E-state index contributed by atoms with van der Waals surface area (Å²) in [5.74, 6) is 0. The monoisotopic (exact) mass is 277 g/mol. The summed E-state index contributed by atoms with van der Waals surface area (Å²) in [5, 5.41) is 0. The molecular weight excluding hydrogens is 250 g/mol. The van der Waals surface area contributed by atoms with Gasteiger partial charge in [-0.3, -0.25) is 0 Å². The van der Waals surface area contributed by atoms with E-state index in [4.69, 9.17) is 5.73 Å². The van der Waals surface area contributed by atoms with Crippen LogP contribution in [-0.4, -0.2) is 49.2 Å². The molecule has 18 heavy (non-hydrogen) atoms. The predicted molar refractivity (Wildman–Crippen MR) is 74.5 cm³/mol. The Labute approximate surface area is 112 Å². The van der Waals surface area contributed by atoms with E-state index in [1.807, 2.05) is 13.8 Å². The molecule has 0 radical (unpaired) electrons. The van der Waals surface area contributed by atoms with Gasteiger partial charge in [-0.25, -0.2) is 0 Å². The molecule has 0 bridgehead atoms. The average Bonchev–Trinajstić information content (AvgIpc) is 2.66. The van der Waals surface area contributed by atoms with Crippen molar-refractivity contribution in [1.82, 2.24) is 8.61 Å². The van der Waals surface area contributed by atoms with Crippen LogP contribution in [0.25, 0.3) is 0 Å². The number of rotatable bonds is 5. The molecule has 0 aromatic rings. The fraction of sp³-hybridized carbons (Fsp3) is 1.00. The number of nitrogens with zero attached hydrogens (tertiary/aromatic N) is 2. The summed E-state index contributed by atoms with van der Waals surface area (Å²) >= 11 is 0. The first-order valence-electron chi connectivity index (χ1n) is 6.82. The van der Waals surface area contributed by atoms with Crippen LogP contribution in [0.15, 0.2) is 0 Å². The molecule has 5 nitrogen and oxygen atoms in total. The molecule has 0 aliphatic carbocycles. The standard InChI is InChI=1S/C12H27N3O2S/c1-4-12(2,11-13)14(3)18(16,17)15-9-7-5-6-8-10-15/h4-11,13H2,1-3H3. The van der Waals surface area contributed by atoms with Crippen LogP contribution < -0.4 is 5.73 Å². The lowest BCUT2D eigenvalue weighted by atomic mass is 10.00. The SMILES string of the molecule is CCC(C)(CN)N(C)S(=O)(=O)N1CCCCCC1. The zero-order valence-electron chi connectivity index (χ0n) is 11.9. The van der Waals surface area contributed by atoms with E-state index in [0.717, 1.165) is 25.7 Å². The maximum Gasteiger partial charge on any atom is 0.282 e. The second kappa shape index (κ2) is 6.32. The van der Waals surface area contributed by atoms with E-state index >= 15 is 0 Å². The highest BCUT2D eigenvalue weighted by Gasteiger charge is 2.37. The van der Waals surface area contributed by atoms with E-state index in [2.05, 4.69) is 0 Å². The highest BCUT2D eigenvalue weighted by molar-refractivity contribution is 7.86. The Bertz CT molecular complexity index is 344. The van der Waals surface area contributed by atoms with Gasteiger partial charge in [0.2, 0.25) is 0 Å². The van der Waals surface area contributed by atoms with Crippen LogP contribution in [0, 0.1) is 0 Å². The Morgan fingerprint density at radius 3 is 2.11 bits per heavy atom. The molecule has 1 heterocycles. The quantitative estimate of drug-likeness (QED) is 0.820. The molecule has 1 rings (SSSR count).